The number of aryl methyl sites for hydroxylation is 1. The molecule has 1 amide bonds. The van der Waals surface area contributed by atoms with E-state index in [1.807, 2.05) is 37.3 Å². The van der Waals surface area contributed by atoms with E-state index in [0.717, 1.165) is 22.1 Å². The highest BCUT2D eigenvalue weighted by Crippen LogP contribution is 2.31. The molecule has 0 unspecified atom stereocenters. The molecule has 5 heteroatoms. The van der Waals surface area contributed by atoms with Gasteiger partial charge in [-0.1, -0.05) is 19.1 Å². The standard InChI is InChI=1S/C17H18BrNO3/c1-4-11-9-15(21-2)16(22-3)10-12(11)17(20)19-14-8-6-5-7-13(14)18/h5-10H,4H2,1-3H3,(H,19,20). The van der Waals surface area contributed by atoms with E-state index in [1.54, 1.807) is 20.3 Å². The van der Waals surface area contributed by atoms with Crippen molar-refractivity contribution in [3.05, 3.63) is 52.0 Å². The van der Waals surface area contributed by atoms with Crippen molar-refractivity contribution in [1.82, 2.24) is 0 Å². The first kappa shape index (κ1) is 16.4. The second kappa shape index (κ2) is 7.31. The normalized spacial score (nSPS) is 10.2. The highest BCUT2D eigenvalue weighted by atomic mass is 79.9. The summed E-state index contributed by atoms with van der Waals surface area (Å²) in [4.78, 5) is 12.6. The molecule has 2 rings (SSSR count). The van der Waals surface area contributed by atoms with Crippen LogP contribution < -0.4 is 14.8 Å². The van der Waals surface area contributed by atoms with E-state index in [1.165, 1.54) is 0 Å². The van der Waals surface area contributed by atoms with Gasteiger partial charge in [-0.15, -0.1) is 0 Å². The fraction of sp³-hybridized carbons (Fsp3) is 0.235. The lowest BCUT2D eigenvalue weighted by atomic mass is 10.0. The lowest BCUT2D eigenvalue weighted by Crippen LogP contribution is -2.15. The third-order valence-corrected chi connectivity index (χ3v) is 4.05. The number of halogens is 1. The van der Waals surface area contributed by atoms with Crippen LogP contribution in [-0.4, -0.2) is 20.1 Å². The summed E-state index contributed by atoms with van der Waals surface area (Å²) in [6.07, 6.45) is 0.721. The van der Waals surface area contributed by atoms with Gasteiger partial charge in [0.15, 0.2) is 11.5 Å². The quantitative estimate of drug-likeness (QED) is 0.862. The Morgan fingerprint density at radius 3 is 2.36 bits per heavy atom. The fourth-order valence-corrected chi connectivity index (χ4v) is 2.56. The molecule has 2 aromatic carbocycles. The highest BCUT2D eigenvalue weighted by Gasteiger charge is 2.16. The smallest absolute Gasteiger partial charge is 0.256 e. The van der Waals surface area contributed by atoms with Crippen LogP contribution in [0.15, 0.2) is 40.9 Å². The van der Waals surface area contributed by atoms with E-state index < -0.39 is 0 Å². The fourth-order valence-electron chi connectivity index (χ4n) is 2.18. The minimum absolute atomic E-state index is 0.176. The molecule has 116 valence electrons. The molecule has 0 aliphatic carbocycles. The van der Waals surface area contributed by atoms with Crippen LogP contribution in [0.5, 0.6) is 11.5 Å². The summed E-state index contributed by atoms with van der Waals surface area (Å²) in [5.74, 6) is 0.985. The molecule has 0 saturated carbocycles. The summed E-state index contributed by atoms with van der Waals surface area (Å²) in [5.41, 5.74) is 2.21. The van der Waals surface area contributed by atoms with Crippen LogP contribution in [0.3, 0.4) is 0 Å². The van der Waals surface area contributed by atoms with Crippen LogP contribution in [-0.2, 0) is 6.42 Å². The molecule has 2 aromatic rings. The SMILES string of the molecule is CCc1cc(OC)c(OC)cc1C(=O)Nc1ccccc1Br. The number of nitrogens with one attached hydrogen (secondary N) is 1. The average molecular weight is 364 g/mol. The van der Waals surface area contributed by atoms with Gasteiger partial charge in [-0.05, 0) is 52.2 Å². The molecule has 1 N–H and O–H groups in total. The predicted octanol–water partition coefficient (Wildman–Crippen LogP) is 4.28. The number of carbonyl (C=O) groups excluding carboxylic acids is 1. The minimum atomic E-state index is -0.176. The van der Waals surface area contributed by atoms with Gasteiger partial charge in [0.25, 0.3) is 5.91 Å². The Kier molecular flexibility index (Phi) is 5.44. The summed E-state index contributed by atoms with van der Waals surface area (Å²) >= 11 is 3.42. The van der Waals surface area contributed by atoms with Gasteiger partial charge >= 0.3 is 0 Å². The van der Waals surface area contributed by atoms with Gasteiger partial charge in [-0.3, -0.25) is 4.79 Å². The first-order chi connectivity index (χ1) is 10.6. The number of rotatable bonds is 5. The summed E-state index contributed by atoms with van der Waals surface area (Å²) in [6, 6.07) is 11.0. The molecule has 0 fully saturated rings. The molecule has 0 aromatic heterocycles. The number of anilines is 1. The molecule has 0 bridgehead atoms. The second-order valence-corrected chi connectivity index (χ2v) is 5.51. The maximum absolute atomic E-state index is 12.6. The zero-order valence-corrected chi connectivity index (χ0v) is 14.4. The van der Waals surface area contributed by atoms with Crippen molar-refractivity contribution in [3.63, 3.8) is 0 Å². The van der Waals surface area contributed by atoms with Gasteiger partial charge in [-0.2, -0.15) is 0 Å². The van der Waals surface area contributed by atoms with E-state index in [4.69, 9.17) is 9.47 Å². The van der Waals surface area contributed by atoms with Crippen molar-refractivity contribution < 1.29 is 14.3 Å². The van der Waals surface area contributed by atoms with Gasteiger partial charge < -0.3 is 14.8 Å². The van der Waals surface area contributed by atoms with E-state index in [0.29, 0.717) is 17.1 Å². The zero-order chi connectivity index (χ0) is 16.1. The van der Waals surface area contributed by atoms with E-state index >= 15 is 0 Å². The average Bonchev–Trinajstić information content (AvgIpc) is 2.55. The summed E-state index contributed by atoms with van der Waals surface area (Å²) in [6.45, 7) is 2.00. The maximum Gasteiger partial charge on any atom is 0.256 e. The van der Waals surface area contributed by atoms with E-state index in [2.05, 4.69) is 21.2 Å². The Morgan fingerprint density at radius 2 is 1.77 bits per heavy atom. The van der Waals surface area contributed by atoms with Crippen LogP contribution in [0.1, 0.15) is 22.8 Å². The maximum atomic E-state index is 12.6. The number of para-hydroxylation sites is 1. The Balaban J connectivity index is 2.38. The van der Waals surface area contributed by atoms with Gasteiger partial charge in [0.1, 0.15) is 0 Å². The number of hydrogen-bond acceptors (Lipinski definition) is 3. The van der Waals surface area contributed by atoms with E-state index in [-0.39, 0.29) is 5.91 Å². The third-order valence-electron chi connectivity index (χ3n) is 3.36. The van der Waals surface area contributed by atoms with Gasteiger partial charge in [-0.25, -0.2) is 0 Å². The predicted molar refractivity (Wildman–Crippen MR) is 91.0 cm³/mol. The second-order valence-electron chi connectivity index (χ2n) is 4.65. The van der Waals surface area contributed by atoms with Crippen LogP contribution >= 0.6 is 15.9 Å². The van der Waals surface area contributed by atoms with E-state index in [9.17, 15) is 4.79 Å². The van der Waals surface area contributed by atoms with Crippen molar-refractivity contribution in [1.29, 1.82) is 0 Å². The summed E-state index contributed by atoms with van der Waals surface area (Å²) in [7, 11) is 3.14. The van der Waals surface area contributed by atoms with Gasteiger partial charge in [0.2, 0.25) is 0 Å². The Labute approximate surface area is 138 Å². The first-order valence-corrected chi connectivity index (χ1v) is 7.70. The van der Waals surface area contributed by atoms with Crippen molar-refractivity contribution in [3.8, 4) is 11.5 Å². The number of amides is 1. The largest absolute Gasteiger partial charge is 0.493 e. The van der Waals surface area contributed by atoms with Crippen molar-refractivity contribution in [2.45, 2.75) is 13.3 Å². The number of methoxy groups -OCH3 is 2. The van der Waals surface area contributed by atoms with Crippen LogP contribution in [0.25, 0.3) is 0 Å². The first-order valence-electron chi connectivity index (χ1n) is 6.91. The molecular formula is C17H18BrNO3. The Bertz CT molecular complexity index is 686. The molecule has 0 radical (unpaired) electrons. The van der Waals surface area contributed by atoms with Crippen LogP contribution in [0, 0.1) is 0 Å². The molecule has 0 atom stereocenters. The van der Waals surface area contributed by atoms with Crippen molar-refractivity contribution in [2.24, 2.45) is 0 Å². The summed E-state index contributed by atoms with van der Waals surface area (Å²) < 4.78 is 11.4. The lowest BCUT2D eigenvalue weighted by molar-refractivity contribution is 0.102. The Morgan fingerprint density at radius 1 is 1.14 bits per heavy atom. The number of benzene rings is 2. The topological polar surface area (TPSA) is 47.6 Å². The number of hydrogen-bond donors (Lipinski definition) is 1. The molecule has 0 aliphatic heterocycles. The third kappa shape index (κ3) is 3.42. The highest BCUT2D eigenvalue weighted by molar-refractivity contribution is 9.10. The number of carbonyl (C=O) groups is 1. The molecular weight excluding hydrogens is 346 g/mol. The van der Waals surface area contributed by atoms with Gasteiger partial charge in [0.05, 0.1) is 19.9 Å². The molecule has 0 saturated heterocycles. The minimum Gasteiger partial charge on any atom is -0.493 e. The number of ether oxygens (including phenoxy) is 2. The van der Waals surface area contributed by atoms with Gasteiger partial charge in [0, 0.05) is 10.0 Å². The van der Waals surface area contributed by atoms with Crippen LogP contribution in [0.2, 0.25) is 0 Å². The monoisotopic (exact) mass is 363 g/mol. The molecule has 0 heterocycles. The van der Waals surface area contributed by atoms with Crippen molar-refractivity contribution >= 4 is 27.5 Å². The van der Waals surface area contributed by atoms with Crippen molar-refractivity contribution in [2.75, 3.05) is 19.5 Å². The molecule has 0 aliphatic rings. The summed E-state index contributed by atoms with van der Waals surface area (Å²) in [5, 5.41) is 2.91. The van der Waals surface area contributed by atoms with Crippen LogP contribution in [0.4, 0.5) is 5.69 Å². The lowest BCUT2D eigenvalue weighted by Gasteiger charge is -2.14. The molecule has 4 nitrogen and oxygen atoms in total. The molecule has 0 spiro atoms. The Hall–Kier alpha value is -2.01. The molecule has 22 heavy (non-hydrogen) atoms. The zero-order valence-electron chi connectivity index (χ0n) is 12.8.